The van der Waals surface area contributed by atoms with Gasteiger partial charge in [0.1, 0.15) is 12.0 Å². The number of ether oxygens (including phenoxy) is 1. The summed E-state index contributed by atoms with van der Waals surface area (Å²) in [6.45, 7) is 0.504. The molecule has 0 saturated carbocycles. The first-order valence-corrected chi connectivity index (χ1v) is 6.72. The number of amides is 1. The third-order valence-electron chi connectivity index (χ3n) is 3.34. The number of hydrogen-bond acceptors (Lipinski definition) is 4. The van der Waals surface area contributed by atoms with Crippen molar-refractivity contribution >= 4 is 5.91 Å². The number of nitrogens with zero attached hydrogens (tertiary/aromatic N) is 1. The van der Waals surface area contributed by atoms with E-state index in [-0.39, 0.29) is 11.9 Å². The first-order chi connectivity index (χ1) is 10.1. The fourth-order valence-corrected chi connectivity index (χ4v) is 2.13. The summed E-state index contributed by atoms with van der Waals surface area (Å²) in [4.78, 5) is 14.0. The standard InChI is InChI=1S/C16H20N2O3/c1-18(2)15(12-5-4-6-14(9-12)20-3)10-17-16(19)13-7-8-21-11-13/h4-9,11,15H,10H2,1-3H3,(H,17,19). The van der Waals surface area contributed by atoms with Gasteiger partial charge in [0.25, 0.3) is 5.91 Å². The maximum absolute atomic E-state index is 12.0. The van der Waals surface area contributed by atoms with Crippen molar-refractivity contribution in [3.63, 3.8) is 0 Å². The lowest BCUT2D eigenvalue weighted by Crippen LogP contribution is -2.34. The van der Waals surface area contributed by atoms with Crippen LogP contribution in [0.3, 0.4) is 0 Å². The second-order valence-corrected chi connectivity index (χ2v) is 4.98. The Bertz CT molecular complexity index is 579. The third kappa shape index (κ3) is 3.86. The molecule has 0 bridgehead atoms. The van der Waals surface area contributed by atoms with Crippen LogP contribution in [0.25, 0.3) is 0 Å². The molecule has 0 spiro atoms. The summed E-state index contributed by atoms with van der Waals surface area (Å²) >= 11 is 0. The van der Waals surface area contributed by atoms with Gasteiger partial charge in [-0.1, -0.05) is 12.1 Å². The summed E-state index contributed by atoms with van der Waals surface area (Å²) < 4.78 is 10.2. The van der Waals surface area contributed by atoms with Gasteiger partial charge in [0.15, 0.2) is 0 Å². The number of carbonyl (C=O) groups is 1. The maximum atomic E-state index is 12.0. The lowest BCUT2D eigenvalue weighted by molar-refractivity contribution is 0.0941. The number of methoxy groups -OCH3 is 1. The van der Waals surface area contributed by atoms with Crippen LogP contribution in [0.4, 0.5) is 0 Å². The Labute approximate surface area is 124 Å². The van der Waals surface area contributed by atoms with E-state index in [1.54, 1.807) is 13.2 Å². The van der Waals surface area contributed by atoms with Gasteiger partial charge in [-0.05, 0) is 37.9 Å². The summed E-state index contributed by atoms with van der Waals surface area (Å²) in [5, 5.41) is 2.92. The Balaban J connectivity index is 2.07. The predicted octanol–water partition coefficient (Wildman–Crippen LogP) is 2.32. The zero-order valence-electron chi connectivity index (χ0n) is 12.5. The second kappa shape index (κ2) is 6.95. The molecule has 2 aromatic rings. The van der Waals surface area contributed by atoms with Gasteiger partial charge in [-0.15, -0.1) is 0 Å². The lowest BCUT2D eigenvalue weighted by Gasteiger charge is -2.25. The maximum Gasteiger partial charge on any atom is 0.254 e. The van der Waals surface area contributed by atoms with Crippen LogP contribution in [0.2, 0.25) is 0 Å². The van der Waals surface area contributed by atoms with Gasteiger partial charge in [-0.3, -0.25) is 4.79 Å². The molecule has 0 fully saturated rings. The Kier molecular flexibility index (Phi) is 5.00. The zero-order chi connectivity index (χ0) is 15.2. The molecule has 0 aliphatic heterocycles. The molecule has 0 radical (unpaired) electrons. The summed E-state index contributed by atoms with van der Waals surface area (Å²) in [5.41, 5.74) is 1.62. The average Bonchev–Trinajstić information content (AvgIpc) is 3.01. The Morgan fingerprint density at radius 2 is 2.19 bits per heavy atom. The summed E-state index contributed by atoms with van der Waals surface area (Å²) in [6.07, 6.45) is 2.92. The van der Waals surface area contributed by atoms with Crippen LogP contribution in [0.15, 0.2) is 47.3 Å². The molecule has 2 rings (SSSR count). The molecular formula is C16H20N2O3. The molecule has 1 unspecified atom stereocenters. The smallest absolute Gasteiger partial charge is 0.254 e. The van der Waals surface area contributed by atoms with Gasteiger partial charge in [0.2, 0.25) is 0 Å². The lowest BCUT2D eigenvalue weighted by atomic mass is 10.1. The van der Waals surface area contributed by atoms with Gasteiger partial charge in [0, 0.05) is 6.54 Å². The molecule has 112 valence electrons. The highest BCUT2D eigenvalue weighted by Gasteiger charge is 2.16. The van der Waals surface area contributed by atoms with Crippen molar-refractivity contribution in [3.8, 4) is 5.75 Å². The zero-order valence-corrected chi connectivity index (χ0v) is 12.5. The molecule has 1 atom stereocenters. The normalized spacial score (nSPS) is 12.2. The number of nitrogens with one attached hydrogen (secondary N) is 1. The number of carbonyl (C=O) groups excluding carboxylic acids is 1. The van der Waals surface area contributed by atoms with E-state index in [1.807, 2.05) is 38.4 Å². The fraction of sp³-hybridized carbons (Fsp3) is 0.312. The predicted molar refractivity (Wildman–Crippen MR) is 80.5 cm³/mol. The van der Waals surface area contributed by atoms with Crippen molar-refractivity contribution in [1.29, 1.82) is 0 Å². The van der Waals surface area contributed by atoms with Crippen LogP contribution in [-0.4, -0.2) is 38.6 Å². The fourth-order valence-electron chi connectivity index (χ4n) is 2.13. The van der Waals surface area contributed by atoms with Gasteiger partial charge < -0.3 is 19.4 Å². The van der Waals surface area contributed by atoms with Crippen molar-refractivity contribution in [1.82, 2.24) is 10.2 Å². The summed E-state index contributed by atoms with van der Waals surface area (Å²) in [5.74, 6) is 0.666. The van der Waals surface area contributed by atoms with Gasteiger partial charge >= 0.3 is 0 Å². The van der Waals surface area contributed by atoms with E-state index >= 15 is 0 Å². The van der Waals surface area contributed by atoms with Crippen molar-refractivity contribution in [2.75, 3.05) is 27.7 Å². The van der Waals surface area contributed by atoms with Crippen molar-refractivity contribution in [2.45, 2.75) is 6.04 Å². The van der Waals surface area contributed by atoms with Crippen LogP contribution < -0.4 is 10.1 Å². The molecule has 21 heavy (non-hydrogen) atoms. The Hall–Kier alpha value is -2.27. The van der Waals surface area contributed by atoms with E-state index in [0.29, 0.717) is 12.1 Å². The van der Waals surface area contributed by atoms with Crippen LogP contribution in [-0.2, 0) is 0 Å². The highest BCUT2D eigenvalue weighted by molar-refractivity contribution is 5.93. The number of hydrogen-bond donors (Lipinski definition) is 1. The minimum absolute atomic E-state index is 0.0657. The van der Waals surface area contributed by atoms with Gasteiger partial charge in [0.05, 0.1) is 25.0 Å². The van der Waals surface area contributed by atoms with E-state index < -0.39 is 0 Å². The minimum Gasteiger partial charge on any atom is -0.497 e. The molecule has 0 aliphatic rings. The van der Waals surface area contributed by atoms with Crippen molar-refractivity contribution in [3.05, 3.63) is 54.0 Å². The highest BCUT2D eigenvalue weighted by atomic mass is 16.5. The van der Waals surface area contributed by atoms with Gasteiger partial charge in [-0.25, -0.2) is 0 Å². The largest absolute Gasteiger partial charge is 0.497 e. The summed E-state index contributed by atoms with van der Waals surface area (Å²) in [7, 11) is 5.60. The van der Waals surface area contributed by atoms with E-state index in [9.17, 15) is 4.79 Å². The number of furan rings is 1. The van der Waals surface area contributed by atoms with Crippen LogP contribution in [0.1, 0.15) is 22.0 Å². The van der Waals surface area contributed by atoms with Crippen LogP contribution in [0, 0.1) is 0 Å². The molecule has 0 aliphatic carbocycles. The van der Waals surface area contributed by atoms with E-state index in [1.165, 1.54) is 12.5 Å². The summed E-state index contributed by atoms with van der Waals surface area (Å²) in [6, 6.07) is 9.57. The third-order valence-corrected chi connectivity index (χ3v) is 3.34. The van der Waals surface area contributed by atoms with Crippen molar-refractivity contribution < 1.29 is 13.9 Å². The number of likely N-dealkylation sites (N-methyl/N-ethyl adjacent to an activating group) is 1. The monoisotopic (exact) mass is 288 g/mol. The minimum atomic E-state index is -0.140. The van der Waals surface area contributed by atoms with E-state index in [4.69, 9.17) is 9.15 Å². The molecule has 1 aromatic carbocycles. The molecule has 1 heterocycles. The molecule has 1 amide bonds. The SMILES string of the molecule is COc1cccc(C(CNC(=O)c2ccoc2)N(C)C)c1. The Morgan fingerprint density at radius 1 is 1.38 bits per heavy atom. The topological polar surface area (TPSA) is 54.7 Å². The first kappa shape index (κ1) is 15.1. The molecule has 5 heteroatoms. The number of benzene rings is 1. The van der Waals surface area contributed by atoms with Gasteiger partial charge in [-0.2, -0.15) is 0 Å². The van der Waals surface area contributed by atoms with E-state index in [0.717, 1.165) is 11.3 Å². The number of rotatable bonds is 6. The molecule has 1 N–H and O–H groups in total. The van der Waals surface area contributed by atoms with Crippen molar-refractivity contribution in [2.24, 2.45) is 0 Å². The molecule has 1 aromatic heterocycles. The quantitative estimate of drug-likeness (QED) is 0.886. The van der Waals surface area contributed by atoms with Crippen LogP contribution in [0.5, 0.6) is 5.75 Å². The van der Waals surface area contributed by atoms with Crippen LogP contribution >= 0.6 is 0 Å². The average molecular weight is 288 g/mol. The molecule has 5 nitrogen and oxygen atoms in total. The molecule has 0 saturated heterocycles. The Morgan fingerprint density at radius 3 is 2.81 bits per heavy atom. The molecular weight excluding hydrogens is 268 g/mol. The second-order valence-electron chi connectivity index (χ2n) is 4.98. The van der Waals surface area contributed by atoms with E-state index in [2.05, 4.69) is 10.2 Å². The first-order valence-electron chi connectivity index (χ1n) is 6.72. The highest BCUT2D eigenvalue weighted by Crippen LogP contribution is 2.22.